The molecule has 1 fully saturated rings. The van der Waals surface area contributed by atoms with Gasteiger partial charge in [0.05, 0.1) is 26.9 Å². The van der Waals surface area contributed by atoms with Crippen LogP contribution in [0.3, 0.4) is 0 Å². The molecule has 4 rings (SSSR count). The maximum atomic E-state index is 11.7. The molecule has 0 saturated carbocycles. The first-order valence-corrected chi connectivity index (χ1v) is 14.2. The van der Waals surface area contributed by atoms with Crippen LogP contribution in [0, 0.1) is 0 Å². The molecule has 40 heavy (non-hydrogen) atoms. The average Bonchev–Trinajstić information content (AvgIpc) is 3.01. The summed E-state index contributed by atoms with van der Waals surface area (Å²) < 4.78 is 22.9. The highest BCUT2D eigenvalue weighted by Gasteiger charge is 2.34. The lowest BCUT2D eigenvalue weighted by Crippen LogP contribution is -2.48. The molecule has 7 nitrogen and oxygen atoms in total. The van der Waals surface area contributed by atoms with E-state index < -0.39 is 5.60 Å². The smallest absolute Gasteiger partial charge is 0.203 e. The number of benzene rings is 3. The lowest BCUT2D eigenvalue weighted by atomic mass is 9.86. The zero-order valence-electron chi connectivity index (χ0n) is 24.4. The molecule has 1 aliphatic heterocycles. The molecule has 216 valence electrons. The van der Waals surface area contributed by atoms with E-state index in [-0.39, 0.29) is 0 Å². The molecule has 7 heteroatoms. The predicted octanol–water partition coefficient (Wildman–Crippen LogP) is 4.99. The molecule has 3 aromatic carbocycles. The maximum Gasteiger partial charge on any atom is 0.203 e. The summed E-state index contributed by atoms with van der Waals surface area (Å²) in [7, 11) is 4.78. The lowest BCUT2D eigenvalue weighted by molar-refractivity contribution is 0.00540. The van der Waals surface area contributed by atoms with Crippen molar-refractivity contribution in [1.29, 1.82) is 0 Å². The fraction of sp³-hybridized carbons (Fsp3) is 0.455. The molecular weight excluding hydrogens is 504 g/mol. The third kappa shape index (κ3) is 7.27. The normalized spacial score (nSPS) is 15.8. The minimum atomic E-state index is -1.02. The number of para-hydroxylation sites is 1. The molecule has 1 heterocycles. The zero-order valence-corrected chi connectivity index (χ0v) is 24.4. The van der Waals surface area contributed by atoms with Gasteiger partial charge in [-0.3, -0.25) is 4.90 Å². The Labute approximate surface area is 239 Å². The Morgan fingerprint density at radius 2 is 1.38 bits per heavy atom. The van der Waals surface area contributed by atoms with Crippen LogP contribution in [-0.2, 0) is 12.0 Å². The number of rotatable bonds is 14. The Kier molecular flexibility index (Phi) is 10.7. The number of hydrogen-bond donors (Lipinski definition) is 1. The number of hydrogen-bond acceptors (Lipinski definition) is 7. The van der Waals surface area contributed by atoms with E-state index in [1.165, 1.54) is 11.1 Å². The molecule has 3 aromatic rings. The molecule has 1 aliphatic rings. The second kappa shape index (κ2) is 14.4. The first-order chi connectivity index (χ1) is 19.5. The molecule has 0 aliphatic carbocycles. The molecule has 0 bridgehead atoms. The van der Waals surface area contributed by atoms with Crippen molar-refractivity contribution in [2.24, 2.45) is 0 Å². The van der Waals surface area contributed by atoms with Gasteiger partial charge in [-0.15, -0.1) is 0 Å². The van der Waals surface area contributed by atoms with Crippen molar-refractivity contribution in [3.63, 3.8) is 0 Å². The summed E-state index contributed by atoms with van der Waals surface area (Å²) in [6.45, 7) is 8.28. The second-order valence-corrected chi connectivity index (χ2v) is 10.3. The fourth-order valence-corrected chi connectivity index (χ4v) is 5.44. The van der Waals surface area contributed by atoms with Crippen LogP contribution >= 0.6 is 0 Å². The number of piperazine rings is 1. The standard InChI is InChI=1S/C33H44N2O5/c1-5-33(36,28-15-16-30(37-2)32(39-4)31(28)38-3)17-18-34-19-21-35(22-20-34)23-24-40-29-14-10-9-13-27(29)25-26-11-7-6-8-12-26/h6-16,36H,5,17-25H2,1-4H3. The van der Waals surface area contributed by atoms with Crippen molar-refractivity contribution < 1.29 is 24.1 Å². The highest BCUT2D eigenvalue weighted by Crippen LogP contribution is 2.45. The quantitative estimate of drug-likeness (QED) is 0.305. The van der Waals surface area contributed by atoms with Crippen LogP contribution in [0.2, 0.25) is 0 Å². The van der Waals surface area contributed by atoms with Crippen LogP contribution < -0.4 is 18.9 Å². The number of aliphatic hydroxyl groups is 1. The number of ether oxygens (including phenoxy) is 4. The molecule has 0 radical (unpaired) electrons. The lowest BCUT2D eigenvalue weighted by Gasteiger charge is -2.37. The highest BCUT2D eigenvalue weighted by atomic mass is 16.5. The minimum Gasteiger partial charge on any atom is -0.493 e. The van der Waals surface area contributed by atoms with Gasteiger partial charge in [0.1, 0.15) is 12.4 Å². The van der Waals surface area contributed by atoms with Gasteiger partial charge < -0.3 is 29.0 Å². The van der Waals surface area contributed by atoms with E-state index in [0.717, 1.165) is 57.0 Å². The van der Waals surface area contributed by atoms with Crippen LogP contribution in [-0.4, -0.2) is 82.1 Å². The Morgan fingerprint density at radius 3 is 2.02 bits per heavy atom. The molecule has 1 saturated heterocycles. The van der Waals surface area contributed by atoms with Crippen molar-refractivity contribution >= 4 is 0 Å². The minimum absolute atomic E-state index is 0.507. The van der Waals surface area contributed by atoms with Crippen molar-refractivity contribution in [3.8, 4) is 23.0 Å². The van der Waals surface area contributed by atoms with Crippen molar-refractivity contribution in [2.75, 3.05) is 67.2 Å². The van der Waals surface area contributed by atoms with E-state index in [9.17, 15) is 5.11 Å². The van der Waals surface area contributed by atoms with Crippen LogP contribution in [0.25, 0.3) is 0 Å². The van der Waals surface area contributed by atoms with Gasteiger partial charge in [0.15, 0.2) is 11.5 Å². The van der Waals surface area contributed by atoms with Gasteiger partial charge in [0, 0.05) is 51.3 Å². The topological polar surface area (TPSA) is 63.6 Å². The summed E-state index contributed by atoms with van der Waals surface area (Å²) in [6.07, 6.45) is 2.05. The highest BCUT2D eigenvalue weighted by molar-refractivity contribution is 5.57. The van der Waals surface area contributed by atoms with E-state index in [0.29, 0.717) is 36.7 Å². The van der Waals surface area contributed by atoms with Crippen molar-refractivity contribution in [2.45, 2.75) is 31.8 Å². The SMILES string of the molecule is CCC(O)(CCN1CCN(CCOc2ccccc2Cc2ccccc2)CC1)c1ccc(OC)c(OC)c1OC. The summed E-state index contributed by atoms with van der Waals surface area (Å²) in [5.41, 5.74) is 2.21. The Balaban J connectivity index is 1.26. The largest absolute Gasteiger partial charge is 0.493 e. The first kappa shape index (κ1) is 29.7. The molecule has 0 aromatic heterocycles. The Hall–Kier alpha value is -3.26. The van der Waals surface area contributed by atoms with Crippen LogP contribution in [0.5, 0.6) is 23.0 Å². The summed E-state index contributed by atoms with van der Waals surface area (Å²) in [5.74, 6) is 2.59. The van der Waals surface area contributed by atoms with Crippen LogP contribution in [0.1, 0.15) is 36.5 Å². The average molecular weight is 549 g/mol. The van der Waals surface area contributed by atoms with Crippen molar-refractivity contribution in [3.05, 3.63) is 83.4 Å². The van der Waals surface area contributed by atoms with Gasteiger partial charge >= 0.3 is 0 Å². The van der Waals surface area contributed by atoms with E-state index in [4.69, 9.17) is 18.9 Å². The van der Waals surface area contributed by atoms with Crippen molar-refractivity contribution in [1.82, 2.24) is 9.80 Å². The molecule has 1 atom stereocenters. The Bertz CT molecular complexity index is 1200. The third-order valence-electron chi connectivity index (χ3n) is 7.97. The molecular formula is C33H44N2O5. The fourth-order valence-electron chi connectivity index (χ4n) is 5.44. The van der Waals surface area contributed by atoms with E-state index in [2.05, 4.69) is 52.3 Å². The van der Waals surface area contributed by atoms with Gasteiger partial charge in [-0.25, -0.2) is 0 Å². The summed E-state index contributed by atoms with van der Waals surface area (Å²) >= 11 is 0. The number of nitrogens with zero attached hydrogens (tertiary/aromatic N) is 2. The second-order valence-electron chi connectivity index (χ2n) is 10.3. The van der Waals surface area contributed by atoms with Gasteiger partial charge in [-0.05, 0) is 42.2 Å². The molecule has 0 spiro atoms. The maximum absolute atomic E-state index is 11.7. The predicted molar refractivity (Wildman–Crippen MR) is 159 cm³/mol. The Morgan fingerprint density at radius 1 is 0.725 bits per heavy atom. The number of methoxy groups -OCH3 is 3. The molecule has 1 unspecified atom stereocenters. The van der Waals surface area contributed by atoms with Crippen LogP contribution in [0.4, 0.5) is 0 Å². The van der Waals surface area contributed by atoms with Gasteiger partial charge in [0.25, 0.3) is 0 Å². The monoisotopic (exact) mass is 548 g/mol. The molecule has 0 amide bonds. The van der Waals surface area contributed by atoms with E-state index in [1.807, 2.05) is 31.2 Å². The summed E-state index contributed by atoms with van der Waals surface area (Å²) in [6, 6.07) is 22.6. The third-order valence-corrected chi connectivity index (χ3v) is 7.97. The molecule has 1 N–H and O–H groups in total. The van der Waals surface area contributed by atoms with Crippen LogP contribution in [0.15, 0.2) is 66.7 Å². The summed E-state index contributed by atoms with van der Waals surface area (Å²) in [4.78, 5) is 4.89. The zero-order chi connectivity index (χ0) is 28.4. The first-order valence-electron chi connectivity index (χ1n) is 14.2. The van der Waals surface area contributed by atoms with Gasteiger partial charge in [-0.2, -0.15) is 0 Å². The van der Waals surface area contributed by atoms with E-state index >= 15 is 0 Å². The van der Waals surface area contributed by atoms with E-state index in [1.54, 1.807) is 21.3 Å². The summed E-state index contributed by atoms with van der Waals surface area (Å²) in [5, 5.41) is 11.7. The van der Waals surface area contributed by atoms with Gasteiger partial charge in [-0.1, -0.05) is 55.5 Å². The van der Waals surface area contributed by atoms with Gasteiger partial charge in [0.2, 0.25) is 5.75 Å².